The third-order valence-corrected chi connectivity index (χ3v) is 3.69. The van der Waals surface area contributed by atoms with Crippen LogP contribution in [0.4, 0.5) is 0 Å². The summed E-state index contributed by atoms with van der Waals surface area (Å²) in [6.07, 6.45) is 10.2. The maximum Gasteiger partial charge on any atom is 0.257 e. The Morgan fingerprint density at radius 2 is 1.95 bits per heavy atom. The minimum atomic E-state index is -0.169. The monoisotopic (exact) mass is 260 g/mol. The number of hydrogen-bond acceptors (Lipinski definition) is 3. The van der Waals surface area contributed by atoms with Gasteiger partial charge in [-0.2, -0.15) is 0 Å². The summed E-state index contributed by atoms with van der Waals surface area (Å²) in [5.41, 5.74) is 6.67. The highest BCUT2D eigenvalue weighted by molar-refractivity contribution is 6.13. The molecule has 0 spiro atoms. The molecule has 4 nitrogen and oxygen atoms in total. The number of amides is 2. The maximum absolute atomic E-state index is 12.3. The predicted octanol–water partition coefficient (Wildman–Crippen LogP) is 2.03. The molecule has 0 aromatic carbocycles. The van der Waals surface area contributed by atoms with Gasteiger partial charge < -0.3 is 5.73 Å². The summed E-state index contributed by atoms with van der Waals surface area (Å²) in [5, 5.41) is 0. The van der Waals surface area contributed by atoms with E-state index in [1.54, 1.807) is 18.2 Å². The van der Waals surface area contributed by atoms with Crippen LogP contribution in [-0.4, -0.2) is 22.8 Å². The molecule has 2 amide bonds. The first-order valence-corrected chi connectivity index (χ1v) is 6.78. The smallest absolute Gasteiger partial charge is 0.257 e. The number of likely N-dealkylation sites (tertiary alicyclic amines) is 1. The van der Waals surface area contributed by atoms with Crippen molar-refractivity contribution >= 4 is 11.8 Å². The van der Waals surface area contributed by atoms with Gasteiger partial charge in [-0.05, 0) is 25.0 Å². The van der Waals surface area contributed by atoms with Crippen molar-refractivity contribution in [1.82, 2.24) is 4.90 Å². The van der Waals surface area contributed by atoms with Gasteiger partial charge in [0, 0.05) is 17.3 Å². The van der Waals surface area contributed by atoms with Gasteiger partial charge in [-0.25, -0.2) is 0 Å². The van der Waals surface area contributed by atoms with E-state index in [2.05, 4.69) is 6.58 Å². The molecule has 0 radical (unpaired) electrons. The average Bonchev–Trinajstić information content (AvgIpc) is 2.66. The molecule has 1 saturated heterocycles. The Bertz CT molecular complexity index is 457. The van der Waals surface area contributed by atoms with Gasteiger partial charge in [0.2, 0.25) is 5.91 Å². The van der Waals surface area contributed by atoms with Crippen LogP contribution in [-0.2, 0) is 9.59 Å². The van der Waals surface area contributed by atoms with Gasteiger partial charge in [0.25, 0.3) is 5.91 Å². The zero-order chi connectivity index (χ0) is 13.8. The molecule has 1 aliphatic heterocycles. The van der Waals surface area contributed by atoms with Crippen molar-refractivity contribution in [2.75, 3.05) is 0 Å². The van der Waals surface area contributed by atoms with Gasteiger partial charge in [0.05, 0.1) is 6.42 Å². The van der Waals surface area contributed by atoms with Crippen LogP contribution < -0.4 is 5.73 Å². The van der Waals surface area contributed by atoms with Gasteiger partial charge in [-0.15, -0.1) is 0 Å². The molecular weight excluding hydrogens is 240 g/mol. The third-order valence-electron chi connectivity index (χ3n) is 3.69. The zero-order valence-corrected chi connectivity index (χ0v) is 11.1. The summed E-state index contributed by atoms with van der Waals surface area (Å²) in [4.78, 5) is 25.8. The van der Waals surface area contributed by atoms with Crippen LogP contribution in [0, 0.1) is 0 Å². The Hall–Kier alpha value is -1.84. The van der Waals surface area contributed by atoms with Crippen molar-refractivity contribution in [3.8, 4) is 0 Å². The van der Waals surface area contributed by atoms with Gasteiger partial charge in [0.1, 0.15) is 0 Å². The number of rotatable bonds is 3. The summed E-state index contributed by atoms with van der Waals surface area (Å²) in [6.45, 7) is 3.55. The Morgan fingerprint density at radius 1 is 1.26 bits per heavy atom. The van der Waals surface area contributed by atoms with Crippen molar-refractivity contribution in [3.63, 3.8) is 0 Å². The van der Waals surface area contributed by atoms with Crippen LogP contribution in [0.2, 0.25) is 0 Å². The molecule has 0 aromatic rings. The minimum Gasteiger partial charge on any atom is -0.399 e. The lowest BCUT2D eigenvalue weighted by Crippen LogP contribution is -2.40. The van der Waals surface area contributed by atoms with E-state index < -0.39 is 0 Å². The second-order valence-electron chi connectivity index (χ2n) is 5.11. The van der Waals surface area contributed by atoms with Gasteiger partial charge >= 0.3 is 0 Å². The third kappa shape index (κ3) is 2.95. The van der Waals surface area contributed by atoms with E-state index in [0.717, 1.165) is 25.7 Å². The van der Waals surface area contributed by atoms with E-state index in [1.807, 2.05) is 0 Å². The summed E-state index contributed by atoms with van der Waals surface area (Å²) in [7, 11) is 0. The largest absolute Gasteiger partial charge is 0.399 e. The molecule has 2 rings (SSSR count). The lowest BCUT2D eigenvalue weighted by molar-refractivity contribution is -0.141. The topological polar surface area (TPSA) is 63.4 Å². The number of carbonyl (C=O) groups excluding carboxylic acids is 2. The predicted molar refractivity (Wildman–Crippen MR) is 73.9 cm³/mol. The molecule has 1 aliphatic carbocycles. The second kappa shape index (κ2) is 5.87. The fourth-order valence-corrected chi connectivity index (χ4v) is 2.80. The fraction of sp³-hybridized carbons (Fsp3) is 0.467. The van der Waals surface area contributed by atoms with Crippen molar-refractivity contribution in [3.05, 3.63) is 36.1 Å². The fourth-order valence-electron chi connectivity index (χ4n) is 2.80. The summed E-state index contributed by atoms with van der Waals surface area (Å²) in [6, 6.07) is 0.0873. The van der Waals surface area contributed by atoms with E-state index >= 15 is 0 Å². The number of hydrogen-bond donors (Lipinski definition) is 1. The average molecular weight is 260 g/mol. The van der Waals surface area contributed by atoms with Crippen molar-refractivity contribution in [2.24, 2.45) is 5.73 Å². The number of imide groups is 1. The Kier molecular flexibility index (Phi) is 4.20. The minimum absolute atomic E-state index is 0.0873. The molecule has 2 N–H and O–H groups in total. The maximum atomic E-state index is 12.3. The quantitative estimate of drug-likeness (QED) is 0.480. The van der Waals surface area contributed by atoms with E-state index in [0.29, 0.717) is 11.3 Å². The zero-order valence-electron chi connectivity index (χ0n) is 11.1. The summed E-state index contributed by atoms with van der Waals surface area (Å²) >= 11 is 0. The lowest BCUT2D eigenvalue weighted by atomic mass is 9.94. The molecule has 2 aliphatic rings. The molecule has 4 heteroatoms. The molecule has 0 aromatic heterocycles. The highest BCUT2D eigenvalue weighted by atomic mass is 16.2. The Balaban J connectivity index is 2.16. The first-order chi connectivity index (χ1) is 9.13. The van der Waals surface area contributed by atoms with E-state index in [9.17, 15) is 9.59 Å². The Morgan fingerprint density at radius 3 is 2.58 bits per heavy atom. The first-order valence-electron chi connectivity index (χ1n) is 6.78. The van der Waals surface area contributed by atoms with E-state index in [4.69, 9.17) is 5.73 Å². The highest BCUT2D eigenvalue weighted by Gasteiger charge is 2.38. The Labute approximate surface area is 113 Å². The first kappa shape index (κ1) is 13.6. The number of carbonyl (C=O) groups is 2. The molecule has 2 fully saturated rings. The van der Waals surface area contributed by atoms with Crippen LogP contribution in [0.3, 0.4) is 0 Å². The van der Waals surface area contributed by atoms with Crippen molar-refractivity contribution in [1.29, 1.82) is 0 Å². The van der Waals surface area contributed by atoms with Crippen LogP contribution in [0.5, 0.6) is 0 Å². The van der Waals surface area contributed by atoms with Crippen LogP contribution >= 0.6 is 0 Å². The number of allylic oxidation sites excluding steroid dienone is 3. The van der Waals surface area contributed by atoms with Crippen molar-refractivity contribution in [2.45, 2.75) is 44.6 Å². The molecule has 0 unspecified atom stereocenters. The molecule has 1 saturated carbocycles. The number of nitrogens with zero attached hydrogens (tertiary/aromatic N) is 1. The highest BCUT2D eigenvalue weighted by Crippen LogP contribution is 2.29. The molecule has 102 valence electrons. The van der Waals surface area contributed by atoms with Crippen molar-refractivity contribution < 1.29 is 9.59 Å². The van der Waals surface area contributed by atoms with E-state index in [-0.39, 0.29) is 24.3 Å². The molecular formula is C15H20N2O2. The van der Waals surface area contributed by atoms with E-state index in [1.165, 1.54) is 11.3 Å². The van der Waals surface area contributed by atoms with Gasteiger partial charge in [-0.3, -0.25) is 14.5 Å². The van der Waals surface area contributed by atoms with Gasteiger partial charge in [0.15, 0.2) is 0 Å². The molecule has 19 heavy (non-hydrogen) atoms. The standard InChI is InChI=1S/C15H20N2O2/c1-2-6-12(16)9-11-10-14(18)17(15(11)19)13-7-4-3-5-8-13/h2,6,9,13H,1,3-5,7-8,10,16H2/b11-9+,12-6+. The number of nitrogens with two attached hydrogens (primary N) is 1. The normalized spacial score (nSPS) is 24.3. The van der Waals surface area contributed by atoms with Crippen LogP contribution in [0.1, 0.15) is 38.5 Å². The SMILES string of the molecule is C=C/C=C(N)\C=C1/CC(=O)N(C2CCCCC2)C1=O. The summed E-state index contributed by atoms with van der Waals surface area (Å²) in [5.74, 6) is -0.258. The molecule has 0 bridgehead atoms. The second-order valence-corrected chi connectivity index (χ2v) is 5.11. The van der Waals surface area contributed by atoms with Crippen LogP contribution in [0.25, 0.3) is 0 Å². The summed E-state index contributed by atoms with van der Waals surface area (Å²) < 4.78 is 0. The molecule has 1 heterocycles. The van der Waals surface area contributed by atoms with Gasteiger partial charge in [-0.1, -0.05) is 31.9 Å². The molecule has 0 atom stereocenters. The van der Waals surface area contributed by atoms with Crippen LogP contribution in [0.15, 0.2) is 36.1 Å². The lowest BCUT2D eigenvalue weighted by Gasteiger charge is -2.29.